The molecule has 0 radical (unpaired) electrons. The molecule has 3 aromatic rings. The Morgan fingerprint density at radius 2 is 1.63 bits per heavy atom. The first-order valence-corrected chi connectivity index (χ1v) is 8.37. The highest BCUT2D eigenvalue weighted by Crippen LogP contribution is 2.28. The van der Waals surface area contributed by atoms with Crippen LogP contribution in [-0.2, 0) is 6.54 Å². The molecule has 0 bridgehead atoms. The number of aromatic nitrogens is 1. The number of nitrogens with zero attached hydrogens (tertiary/aromatic N) is 4. The van der Waals surface area contributed by atoms with E-state index < -0.39 is 44.3 Å². The van der Waals surface area contributed by atoms with Crippen LogP contribution >= 0.6 is 0 Å². The van der Waals surface area contributed by atoms with Crippen LogP contribution in [0.1, 0.15) is 16.1 Å². The molecule has 0 atom stereocenters. The van der Waals surface area contributed by atoms with Crippen LogP contribution < -0.4 is 4.90 Å². The molecule has 9 nitrogen and oxygen atoms in total. The van der Waals surface area contributed by atoms with Crippen molar-refractivity contribution in [2.24, 2.45) is 0 Å². The maximum Gasteiger partial charge on any atom is 0.277 e. The molecule has 0 N–H and O–H groups in total. The maximum atomic E-state index is 14.4. The highest BCUT2D eigenvalue weighted by Gasteiger charge is 2.26. The number of amides is 1. The number of halogens is 2. The number of non-ortho nitro benzene ring substituents is 2. The van der Waals surface area contributed by atoms with Crippen molar-refractivity contribution in [3.05, 3.63) is 104 Å². The second kappa shape index (κ2) is 8.39. The second-order valence-electron chi connectivity index (χ2n) is 6.06. The molecule has 0 fully saturated rings. The Morgan fingerprint density at radius 1 is 0.967 bits per heavy atom. The van der Waals surface area contributed by atoms with Crippen LogP contribution in [0.15, 0.2) is 60.8 Å². The van der Waals surface area contributed by atoms with Gasteiger partial charge in [0, 0.05) is 24.4 Å². The lowest BCUT2D eigenvalue weighted by molar-refractivity contribution is -0.394. The molecule has 1 heterocycles. The third-order valence-corrected chi connectivity index (χ3v) is 4.06. The van der Waals surface area contributed by atoms with Crippen molar-refractivity contribution in [1.82, 2.24) is 4.98 Å². The van der Waals surface area contributed by atoms with Crippen molar-refractivity contribution in [1.29, 1.82) is 0 Å². The Bertz CT molecular complexity index is 1110. The minimum atomic E-state index is -1.06. The summed E-state index contributed by atoms with van der Waals surface area (Å²) >= 11 is 0. The van der Waals surface area contributed by atoms with Gasteiger partial charge < -0.3 is 0 Å². The first kappa shape index (κ1) is 20.5. The Balaban J connectivity index is 2.12. The van der Waals surface area contributed by atoms with Gasteiger partial charge in [0.1, 0.15) is 11.6 Å². The van der Waals surface area contributed by atoms with Gasteiger partial charge in [-0.1, -0.05) is 6.07 Å². The molecule has 0 aliphatic heterocycles. The SMILES string of the molecule is O=C(c1cc([N+](=O)[O-])cc([N+](=O)[O-])c1)N(Cc1ccccn1)c1ccc(F)cc1F. The topological polar surface area (TPSA) is 119 Å². The summed E-state index contributed by atoms with van der Waals surface area (Å²) in [7, 11) is 0. The fourth-order valence-electron chi connectivity index (χ4n) is 2.71. The van der Waals surface area contributed by atoms with Crippen LogP contribution in [0, 0.1) is 31.9 Å². The third kappa shape index (κ3) is 4.41. The molecule has 0 aliphatic rings. The summed E-state index contributed by atoms with van der Waals surface area (Å²) in [5.74, 6) is -2.88. The van der Waals surface area contributed by atoms with E-state index in [0.29, 0.717) is 17.8 Å². The fourth-order valence-corrected chi connectivity index (χ4v) is 2.71. The molecule has 0 spiro atoms. The molecular formula is C19H12F2N4O5. The molecule has 0 unspecified atom stereocenters. The summed E-state index contributed by atoms with van der Waals surface area (Å²) in [5.41, 5.74) is -1.74. The number of pyridine rings is 1. The number of nitro benzene ring substituents is 2. The van der Waals surface area contributed by atoms with Crippen LogP contribution in [0.3, 0.4) is 0 Å². The Kier molecular flexibility index (Phi) is 5.72. The van der Waals surface area contributed by atoms with E-state index in [1.165, 1.54) is 6.20 Å². The summed E-state index contributed by atoms with van der Waals surface area (Å²) in [5, 5.41) is 22.2. The second-order valence-corrected chi connectivity index (χ2v) is 6.06. The average molecular weight is 414 g/mol. The highest BCUT2D eigenvalue weighted by molar-refractivity contribution is 6.06. The molecule has 3 rings (SSSR count). The van der Waals surface area contributed by atoms with Crippen molar-refractivity contribution in [3.63, 3.8) is 0 Å². The minimum absolute atomic E-state index is 0.265. The summed E-state index contributed by atoms with van der Waals surface area (Å²) in [6, 6.07) is 9.75. The van der Waals surface area contributed by atoms with Gasteiger partial charge in [-0.15, -0.1) is 0 Å². The fraction of sp³-hybridized carbons (Fsp3) is 0.0526. The van der Waals surface area contributed by atoms with Crippen molar-refractivity contribution in [2.75, 3.05) is 4.90 Å². The monoisotopic (exact) mass is 414 g/mol. The van der Waals surface area contributed by atoms with Crippen LogP contribution in [0.4, 0.5) is 25.8 Å². The van der Waals surface area contributed by atoms with Gasteiger partial charge in [-0.2, -0.15) is 0 Å². The number of anilines is 1. The summed E-state index contributed by atoms with van der Waals surface area (Å²) < 4.78 is 27.8. The summed E-state index contributed by atoms with van der Waals surface area (Å²) in [6.45, 7) is -0.265. The van der Waals surface area contributed by atoms with Gasteiger partial charge in [0.2, 0.25) is 0 Å². The normalized spacial score (nSPS) is 10.5. The molecule has 152 valence electrons. The predicted octanol–water partition coefficient (Wildman–Crippen LogP) is 4.02. The van der Waals surface area contributed by atoms with Gasteiger partial charge in [0.25, 0.3) is 17.3 Å². The smallest absolute Gasteiger partial charge is 0.277 e. The Labute approximate surface area is 167 Å². The molecule has 30 heavy (non-hydrogen) atoms. The zero-order valence-corrected chi connectivity index (χ0v) is 15.1. The van der Waals surface area contributed by atoms with Crippen LogP contribution in [0.2, 0.25) is 0 Å². The average Bonchev–Trinajstić information content (AvgIpc) is 2.72. The molecule has 1 amide bonds. The zero-order chi connectivity index (χ0) is 21.8. The number of carbonyl (C=O) groups is 1. The number of benzene rings is 2. The quantitative estimate of drug-likeness (QED) is 0.444. The van der Waals surface area contributed by atoms with Crippen LogP contribution in [0.5, 0.6) is 0 Å². The van der Waals surface area contributed by atoms with Crippen molar-refractivity contribution in [3.8, 4) is 0 Å². The molecule has 11 heteroatoms. The van der Waals surface area contributed by atoms with Crippen molar-refractivity contribution >= 4 is 23.0 Å². The number of rotatable bonds is 6. The van der Waals surface area contributed by atoms with Gasteiger partial charge in [0.15, 0.2) is 0 Å². The molecule has 0 aliphatic carbocycles. The first-order chi connectivity index (χ1) is 14.3. The minimum Gasteiger partial charge on any atom is -0.299 e. The lowest BCUT2D eigenvalue weighted by Crippen LogP contribution is -2.31. The van der Waals surface area contributed by atoms with E-state index in [2.05, 4.69) is 4.98 Å². The van der Waals surface area contributed by atoms with E-state index >= 15 is 0 Å². The van der Waals surface area contributed by atoms with E-state index in [1.807, 2.05) is 0 Å². The molecule has 0 saturated carbocycles. The number of hydrogen-bond donors (Lipinski definition) is 0. The predicted molar refractivity (Wildman–Crippen MR) is 101 cm³/mol. The number of hydrogen-bond acceptors (Lipinski definition) is 6. The summed E-state index contributed by atoms with van der Waals surface area (Å²) in [6.07, 6.45) is 1.44. The van der Waals surface area contributed by atoms with E-state index in [-0.39, 0.29) is 12.2 Å². The molecule has 0 saturated heterocycles. The van der Waals surface area contributed by atoms with Crippen molar-refractivity contribution in [2.45, 2.75) is 6.54 Å². The van der Waals surface area contributed by atoms with Crippen LogP contribution in [-0.4, -0.2) is 20.7 Å². The Hall–Kier alpha value is -4.28. The van der Waals surface area contributed by atoms with Gasteiger partial charge in [-0.3, -0.25) is 34.9 Å². The molecular weight excluding hydrogens is 402 g/mol. The van der Waals surface area contributed by atoms with Gasteiger partial charge >= 0.3 is 0 Å². The third-order valence-electron chi connectivity index (χ3n) is 4.06. The summed E-state index contributed by atoms with van der Waals surface area (Å²) in [4.78, 5) is 38.5. The largest absolute Gasteiger partial charge is 0.299 e. The van der Waals surface area contributed by atoms with E-state index in [1.54, 1.807) is 18.2 Å². The van der Waals surface area contributed by atoms with E-state index in [0.717, 1.165) is 29.2 Å². The zero-order valence-electron chi connectivity index (χ0n) is 15.1. The number of carbonyl (C=O) groups excluding carboxylic acids is 1. The van der Waals surface area contributed by atoms with Gasteiger partial charge in [0.05, 0.1) is 39.4 Å². The Morgan fingerprint density at radius 3 is 2.17 bits per heavy atom. The van der Waals surface area contributed by atoms with E-state index in [4.69, 9.17) is 0 Å². The lowest BCUT2D eigenvalue weighted by Gasteiger charge is -2.23. The number of nitro groups is 2. The van der Waals surface area contributed by atoms with E-state index in [9.17, 15) is 33.8 Å². The van der Waals surface area contributed by atoms with Crippen molar-refractivity contribution < 1.29 is 23.4 Å². The van der Waals surface area contributed by atoms with Crippen LogP contribution in [0.25, 0.3) is 0 Å². The van der Waals surface area contributed by atoms with Gasteiger partial charge in [-0.05, 0) is 24.3 Å². The first-order valence-electron chi connectivity index (χ1n) is 8.37. The lowest BCUT2D eigenvalue weighted by atomic mass is 10.1. The molecule has 1 aromatic heterocycles. The highest BCUT2D eigenvalue weighted by atomic mass is 19.1. The molecule has 2 aromatic carbocycles. The maximum absolute atomic E-state index is 14.4. The van der Waals surface area contributed by atoms with Gasteiger partial charge in [-0.25, -0.2) is 8.78 Å². The standard InChI is InChI=1S/C19H12F2N4O5/c20-13-4-5-18(17(21)9-13)23(11-14-3-1-2-6-22-14)19(26)12-7-15(24(27)28)10-16(8-12)25(29)30/h1-10H,11H2.